The highest BCUT2D eigenvalue weighted by atomic mass is 16.6. The fourth-order valence-corrected chi connectivity index (χ4v) is 5.81. The minimum absolute atomic E-state index is 0.102. The highest BCUT2D eigenvalue weighted by Crippen LogP contribution is 2.12. The summed E-state index contributed by atoms with van der Waals surface area (Å²) in [4.78, 5) is 37.6. The predicted molar refractivity (Wildman–Crippen MR) is 233 cm³/mol. The van der Waals surface area contributed by atoms with Gasteiger partial charge in [0.2, 0.25) is 0 Å². The van der Waals surface area contributed by atoms with Crippen LogP contribution in [-0.4, -0.2) is 37.2 Å². The third-order valence-electron chi connectivity index (χ3n) is 9.23. The second-order valence-corrected chi connectivity index (χ2v) is 14.6. The molecule has 0 aromatic carbocycles. The van der Waals surface area contributed by atoms with Crippen molar-refractivity contribution >= 4 is 17.9 Å². The average molecular weight is 767 g/mol. The van der Waals surface area contributed by atoms with Gasteiger partial charge in [-0.15, -0.1) is 0 Å². The van der Waals surface area contributed by atoms with E-state index in [4.69, 9.17) is 14.2 Å². The number of unbranched alkanes of at least 4 members (excludes halogenated alkanes) is 18. The summed E-state index contributed by atoms with van der Waals surface area (Å²) in [6.45, 7) is 6.37. The fraction of sp³-hybridized carbons (Fsp3) is 0.694. The van der Waals surface area contributed by atoms with E-state index in [1.807, 2.05) is 0 Å². The Balaban J connectivity index is 4.40. The molecule has 0 rings (SSSR count). The zero-order valence-corrected chi connectivity index (χ0v) is 35.7. The lowest BCUT2D eigenvalue weighted by Gasteiger charge is -2.18. The minimum Gasteiger partial charge on any atom is -0.462 e. The van der Waals surface area contributed by atoms with Crippen molar-refractivity contribution in [1.82, 2.24) is 0 Å². The lowest BCUT2D eigenvalue weighted by Crippen LogP contribution is -2.30. The second kappa shape index (κ2) is 43.6. The van der Waals surface area contributed by atoms with E-state index in [2.05, 4.69) is 93.7 Å². The Morgan fingerprint density at radius 3 is 1.35 bits per heavy atom. The first-order chi connectivity index (χ1) is 27.0. The van der Waals surface area contributed by atoms with Gasteiger partial charge in [0.1, 0.15) is 13.2 Å². The number of carbonyl (C=O) groups excluding carboxylic acids is 3. The van der Waals surface area contributed by atoms with E-state index in [0.717, 1.165) is 116 Å². The molecule has 0 aromatic heterocycles. The van der Waals surface area contributed by atoms with E-state index in [1.165, 1.54) is 44.9 Å². The maximum Gasteiger partial charge on any atom is 0.306 e. The van der Waals surface area contributed by atoms with E-state index < -0.39 is 6.10 Å². The molecular weight excluding hydrogens is 685 g/mol. The van der Waals surface area contributed by atoms with Crippen molar-refractivity contribution in [2.45, 2.75) is 207 Å². The second-order valence-electron chi connectivity index (χ2n) is 14.6. The van der Waals surface area contributed by atoms with E-state index in [1.54, 1.807) is 0 Å². The summed E-state index contributed by atoms with van der Waals surface area (Å²) in [5.41, 5.74) is 0. The molecule has 0 aliphatic rings. The lowest BCUT2D eigenvalue weighted by molar-refractivity contribution is -0.167. The Kier molecular flexibility index (Phi) is 41.1. The minimum atomic E-state index is -0.799. The zero-order valence-electron chi connectivity index (χ0n) is 35.7. The molecule has 0 saturated carbocycles. The molecule has 0 heterocycles. The van der Waals surface area contributed by atoms with Crippen molar-refractivity contribution in [3.63, 3.8) is 0 Å². The SMILES string of the molecule is CC/C=C\C/C=C\CCCCC(=O)OCC(COC(=O)CCCCCCC\C=C/C=C\C=C/CCCCCCC)OC(=O)CCCCCC/C=C\CCCC. The van der Waals surface area contributed by atoms with Crippen LogP contribution >= 0.6 is 0 Å². The molecule has 314 valence electrons. The molecule has 0 amide bonds. The highest BCUT2D eigenvalue weighted by Gasteiger charge is 2.19. The van der Waals surface area contributed by atoms with E-state index in [-0.39, 0.29) is 31.1 Å². The van der Waals surface area contributed by atoms with E-state index in [9.17, 15) is 14.4 Å². The Bertz CT molecular complexity index is 1070. The lowest BCUT2D eigenvalue weighted by atomic mass is 10.1. The van der Waals surface area contributed by atoms with Gasteiger partial charge in [0, 0.05) is 19.3 Å². The van der Waals surface area contributed by atoms with Crippen LogP contribution in [0.4, 0.5) is 0 Å². The normalized spacial score (nSPS) is 12.7. The maximum atomic E-state index is 12.7. The van der Waals surface area contributed by atoms with Crippen LogP contribution in [0, 0.1) is 0 Å². The smallest absolute Gasteiger partial charge is 0.306 e. The standard InChI is InChI=1S/C49H82O6/c1-4-7-10-13-16-19-21-22-23-24-25-26-27-28-31-33-36-39-42-48(51)54-45-46(44-53-47(50)41-38-35-32-29-18-15-12-9-6-3)55-49(52)43-40-37-34-30-20-17-14-11-8-5-2/h9,12,14,17-18,21-26,29,46H,4-8,10-11,13,15-16,19-20,27-28,30-45H2,1-3H3/b12-9-,17-14-,22-21-,24-23-,26-25-,29-18-. The van der Waals surface area contributed by atoms with Gasteiger partial charge in [-0.1, -0.05) is 164 Å². The molecule has 6 nitrogen and oxygen atoms in total. The van der Waals surface area contributed by atoms with Crippen LogP contribution < -0.4 is 0 Å². The quantitative estimate of drug-likeness (QED) is 0.0204. The molecule has 0 fully saturated rings. The summed E-state index contributed by atoms with van der Waals surface area (Å²) in [6.07, 6.45) is 53.3. The number of esters is 3. The van der Waals surface area contributed by atoms with E-state index in [0.29, 0.717) is 19.3 Å². The Morgan fingerprint density at radius 1 is 0.400 bits per heavy atom. The Labute approximate surface area is 338 Å². The summed E-state index contributed by atoms with van der Waals surface area (Å²) < 4.78 is 16.6. The highest BCUT2D eigenvalue weighted by molar-refractivity contribution is 5.71. The molecule has 0 bridgehead atoms. The third kappa shape index (κ3) is 41.8. The monoisotopic (exact) mass is 767 g/mol. The van der Waals surface area contributed by atoms with E-state index >= 15 is 0 Å². The molecule has 1 atom stereocenters. The molecule has 0 aliphatic heterocycles. The molecular formula is C49H82O6. The molecule has 1 unspecified atom stereocenters. The van der Waals surface area contributed by atoms with Crippen LogP contribution in [0.1, 0.15) is 201 Å². The molecule has 55 heavy (non-hydrogen) atoms. The van der Waals surface area contributed by atoms with Gasteiger partial charge in [-0.25, -0.2) is 0 Å². The van der Waals surface area contributed by atoms with Crippen molar-refractivity contribution in [3.05, 3.63) is 72.9 Å². The first-order valence-electron chi connectivity index (χ1n) is 22.5. The van der Waals surface area contributed by atoms with Crippen LogP contribution in [0.3, 0.4) is 0 Å². The van der Waals surface area contributed by atoms with Crippen molar-refractivity contribution in [1.29, 1.82) is 0 Å². The number of allylic oxidation sites excluding steroid dienone is 12. The topological polar surface area (TPSA) is 78.9 Å². The van der Waals surface area contributed by atoms with Crippen LogP contribution in [0.5, 0.6) is 0 Å². The zero-order chi connectivity index (χ0) is 40.1. The first kappa shape index (κ1) is 51.9. The van der Waals surface area contributed by atoms with Gasteiger partial charge in [0.05, 0.1) is 0 Å². The summed E-state index contributed by atoms with van der Waals surface area (Å²) in [6, 6.07) is 0. The molecule has 0 aliphatic carbocycles. The van der Waals surface area contributed by atoms with Gasteiger partial charge in [-0.2, -0.15) is 0 Å². The van der Waals surface area contributed by atoms with Crippen molar-refractivity contribution in [3.8, 4) is 0 Å². The first-order valence-corrected chi connectivity index (χ1v) is 22.5. The van der Waals surface area contributed by atoms with Gasteiger partial charge in [-0.3, -0.25) is 14.4 Å². The number of ether oxygens (including phenoxy) is 3. The Morgan fingerprint density at radius 2 is 0.800 bits per heavy atom. The van der Waals surface area contributed by atoms with Crippen molar-refractivity contribution in [2.24, 2.45) is 0 Å². The average Bonchev–Trinajstić information content (AvgIpc) is 3.18. The van der Waals surface area contributed by atoms with Gasteiger partial charge in [-0.05, 0) is 89.9 Å². The number of hydrogen-bond donors (Lipinski definition) is 0. The summed E-state index contributed by atoms with van der Waals surface area (Å²) in [5, 5.41) is 0. The van der Waals surface area contributed by atoms with Crippen LogP contribution in [-0.2, 0) is 28.6 Å². The Hall–Kier alpha value is -3.15. The number of hydrogen-bond acceptors (Lipinski definition) is 6. The fourth-order valence-electron chi connectivity index (χ4n) is 5.81. The largest absolute Gasteiger partial charge is 0.462 e. The van der Waals surface area contributed by atoms with Gasteiger partial charge < -0.3 is 14.2 Å². The van der Waals surface area contributed by atoms with Gasteiger partial charge in [0.25, 0.3) is 0 Å². The molecule has 0 aromatic rings. The van der Waals surface area contributed by atoms with Crippen LogP contribution in [0.25, 0.3) is 0 Å². The van der Waals surface area contributed by atoms with Crippen LogP contribution in [0.15, 0.2) is 72.9 Å². The molecule has 0 N–H and O–H groups in total. The van der Waals surface area contributed by atoms with Gasteiger partial charge in [0.15, 0.2) is 6.10 Å². The summed E-state index contributed by atoms with van der Waals surface area (Å²) in [7, 11) is 0. The third-order valence-corrected chi connectivity index (χ3v) is 9.23. The predicted octanol–water partition coefficient (Wildman–Crippen LogP) is 14.3. The number of carbonyl (C=O) groups is 3. The van der Waals surface area contributed by atoms with Gasteiger partial charge >= 0.3 is 17.9 Å². The maximum absolute atomic E-state index is 12.7. The molecule has 0 saturated heterocycles. The number of rotatable bonds is 39. The molecule has 0 radical (unpaired) electrons. The molecule has 0 spiro atoms. The van der Waals surface area contributed by atoms with Crippen molar-refractivity contribution < 1.29 is 28.6 Å². The molecule has 6 heteroatoms. The summed E-state index contributed by atoms with van der Waals surface area (Å²) >= 11 is 0. The summed E-state index contributed by atoms with van der Waals surface area (Å²) in [5.74, 6) is -0.980. The van der Waals surface area contributed by atoms with Crippen LogP contribution in [0.2, 0.25) is 0 Å². The van der Waals surface area contributed by atoms with Crippen molar-refractivity contribution in [2.75, 3.05) is 13.2 Å².